The lowest BCUT2D eigenvalue weighted by Crippen LogP contribution is -2.29. The van der Waals surface area contributed by atoms with E-state index in [2.05, 4.69) is 146 Å². The number of benzene rings is 7. The lowest BCUT2D eigenvalue weighted by molar-refractivity contribution is 0.745. The molecule has 0 aliphatic heterocycles. The molecule has 2 aliphatic rings. The number of hydrogen-bond donors (Lipinski definition) is 2. The number of fused-ring (bicyclic) bond motifs is 10. The molecular weight excluding hydrogens is 619 g/mol. The SMILES string of the molecule is C\C1=C/C=C\C(c2c(C(=N)/N=C(\N)c3ccccc3)c3ccccc3c3ccccc23)=C\c2ccccc2C12c1ccccc1-c1ccccc12. The maximum absolute atomic E-state index is 9.61. The lowest BCUT2D eigenvalue weighted by atomic mass is 9.66. The third-order valence-corrected chi connectivity index (χ3v) is 10.6. The minimum Gasteiger partial charge on any atom is -0.383 e. The minimum atomic E-state index is -0.477. The van der Waals surface area contributed by atoms with Crippen molar-refractivity contribution in [1.29, 1.82) is 5.41 Å². The van der Waals surface area contributed by atoms with Crippen LogP contribution >= 0.6 is 0 Å². The molecule has 0 amide bonds. The summed E-state index contributed by atoms with van der Waals surface area (Å²) in [5.41, 5.74) is 18.3. The van der Waals surface area contributed by atoms with E-state index in [1.54, 1.807) is 0 Å². The summed E-state index contributed by atoms with van der Waals surface area (Å²) in [6.45, 7) is 2.26. The number of amidine groups is 2. The van der Waals surface area contributed by atoms with E-state index in [9.17, 15) is 5.41 Å². The molecule has 0 fully saturated rings. The highest BCUT2D eigenvalue weighted by Gasteiger charge is 2.46. The molecule has 2 aliphatic carbocycles. The molecule has 0 aromatic heterocycles. The van der Waals surface area contributed by atoms with Crippen molar-refractivity contribution in [3.05, 3.63) is 214 Å². The molecule has 1 spiro atoms. The maximum Gasteiger partial charge on any atom is 0.155 e. The van der Waals surface area contributed by atoms with Crippen LogP contribution in [0.3, 0.4) is 0 Å². The Morgan fingerprint density at radius 3 is 1.80 bits per heavy atom. The monoisotopic (exact) mass is 653 g/mol. The summed E-state index contributed by atoms with van der Waals surface area (Å²) < 4.78 is 0. The first kappa shape index (κ1) is 30.5. The van der Waals surface area contributed by atoms with Crippen LogP contribution in [0.4, 0.5) is 0 Å². The molecule has 242 valence electrons. The van der Waals surface area contributed by atoms with Gasteiger partial charge in [-0.15, -0.1) is 0 Å². The first-order chi connectivity index (χ1) is 25.1. The van der Waals surface area contributed by atoms with Crippen molar-refractivity contribution in [3.63, 3.8) is 0 Å². The van der Waals surface area contributed by atoms with Crippen molar-refractivity contribution in [2.45, 2.75) is 12.3 Å². The average Bonchev–Trinajstić information content (AvgIpc) is 3.50. The Balaban J connectivity index is 1.36. The standard InChI is InChI=1S/C48H35N3/c1-31-16-15-20-34(30-33-19-5-12-27-41(33)48(31)42-28-13-10-23-37(42)38-24-11-14-29-43(38)48)44-39-25-8-6-21-35(39)36-22-7-9-26-40(36)45(44)47(50)51-46(49)32-17-3-2-4-18-32/h2-30H,1H3,(H3,49,50,51)/b20-15-,31-16+,34-30-. The van der Waals surface area contributed by atoms with Crippen molar-refractivity contribution in [2.24, 2.45) is 10.7 Å². The van der Waals surface area contributed by atoms with Gasteiger partial charge in [0.1, 0.15) is 5.84 Å². The van der Waals surface area contributed by atoms with Gasteiger partial charge in [-0.2, -0.15) is 0 Å². The quantitative estimate of drug-likeness (QED) is 0.111. The average molecular weight is 654 g/mol. The smallest absolute Gasteiger partial charge is 0.155 e. The summed E-state index contributed by atoms with van der Waals surface area (Å²) in [5.74, 6) is 0.435. The predicted octanol–water partition coefficient (Wildman–Crippen LogP) is 11.1. The topological polar surface area (TPSA) is 62.2 Å². The van der Waals surface area contributed by atoms with E-state index < -0.39 is 5.41 Å². The first-order valence-corrected chi connectivity index (χ1v) is 17.4. The maximum atomic E-state index is 9.61. The summed E-state index contributed by atoms with van der Waals surface area (Å²) in [7, 11) is 0. The number of rotatable bonds is 3. The highest BCUT2D eigenvalue weighted by molar-refractivity contribution is 6.25. The van der Waals surface area contributed by atoms with Crippen molar-refractivity contribution < 1.29 is 0 Å². The summed E-state index contributed by atoms with van der Waals surface area (Å²) in [6, 6.07) is 53.0. The van der Waals surface area contributed by atoms with Gasteiger partial charge in [-0.1, -0.05) is 175 Å². The van der Waals surface area contributed by atoms with Gasteiger partial charge in [0.15, 0.2) is 5.84 Å². The number of nitrogens with one attached hydrogen (secondary N) is 1. The second-order valence-electron chi connectivity index (χ2n) is 13.3. The third-order valence-electron chi connectivity index (χ3n) is 10.6. The molecule has 0 saturated heterocycles. The number of nitrogens with zero attached hydrogens (tertiary/aromatic N) is 1. The Labute approximate surface area is 298 Å². The number of nitrogens with two attached hydrogens (primary N) is 1. The Bertz CT molecular complexity index is 2630. The van der Waals surface area contributed by atoms with Gasteiger partial charge in [0.25, 0.3) is 0 Å². The molecule has 0 radical (unpaired) electrons. The van der Waals surface area contributed by atoms with E-state index in [0.29, 0.717) is 5.84 Å². The first-order valence-electron chi connectivity index (χ1n) is 17.4. The molecule has 7 aromatic rings. The van der Waals surface area contributed by atoms with Crippen LogP contribution in [-0.2, 0) is 5.41 Å². The molecule has 0 bridgehead atoms. The van der Waals surface area contributed by atoms with Crippen LogP contribution in [-0.4, -0.2) is 11.7 Å². The van der Waals surface area contributed by atoms with Crippen LogP contribution < -0.4 is 5.73 Å². The Hall–Kier alpha value is -6.58. The van der Waals surface area contributed by atoms with E-state index >= 15 is 0 Å². The molecule has 9 rings (SSSR count). The van der Waals surface area contributed by atoms with Crippen molar-refractivity contribution in [1.82, 2.24) is 0 Å². The van der Waals surface area contributed by atoms with Crippen LogP contribution in [0.15, 0.2) is 180 Å². The number of hydrogen-bond acceptors (Lipinski definition) is 1. The Kier molecular flexibility index (Phi) is 7.22. The van der Waals surface area contributed by atoms with Gasteiger partial charge in [-0.05, 0) is 73.5 Å². The lowest BCUT2D eigenvalue weighted by Gasteiger charge is -2.35. The molecule has 0 heterocycles. The molecule has 0 atom stereocenters. The van der Waals surface area contributed by atoms with Crippen LogP contribution in [0.25, 0.3) is 44.3 Å². The van der Waals surface area contributed by atoms with Gasteiger partial charge < -0.3 is 5.73 Å². The predicted molar refractivity (Wildman–Crippen MR) is 214 cm³/mol. The summed E-state index contributed by atoms with van der Waals surface area (Å²) in [5, 5.41) is 13.8. The van der Waals surface area contributed by atoms with E-state index in [1.807, 2.05) is 36.4 Å². The van der Waals surface area contributed by atoms with Crippen LogP contribution in [0.2, 0.25) is 0 Å². The zero-order valence-electron chi connectivity index (χ0n) is 28.3. The fourth-order valence-electron chi connectivity index (χ4n) is 8.46. The Morgan fingerprint density at radius 1 is 0.588 bits per heavy atom. The van der Waals surface area contributed by atoms with Crippen molar-refractivity contribution in [3.8, 4) is 11.1 Å². The fraction of sp³-hybridized carbons (Fsp3) is 0.0417. The van der Waals surface area contributed by atoms with Crippen molar-refractivity contribution >= 4 is 44.9 Å². The van der Waals surface area contributed by atoms with E-state index in [1.165, 1.54) is 33.4 Å². The second kappa shape index (κ2) is 12.1. The van der Waals surface area contributed by atoms with Crippen LogP contribution in [0, 0.1) is 5.41 Å². The Morgan fingerprint density at radius 2 is 1.12 bits per heavy atom. The van der Waals surface area contributed by atoms with Crippen LogP contribution in [0.5, 0.6) is 0 Å². The van der Waals surface area contributed by atoms with Gasteiger partial charge in [0.05, 0.1) is 5.41 Å². The van der Waals surface area contributed by atoms with Gasteiger partial charge in [-0.25, -0.2) is 4.99 Å². The third kappa shape index (κ3) is 4.66. The van der Waals surface area contributed by atoms with Gasteiger partial charge >= 0.3 is 0 Å². The number of allylic oxidation sites excluding steroid dienone is 5. The number of aliphatic imine (C=N–C) groups is 1. The van der Waals surface area contributed by atoms with Crippen LogP contribution in [0.1, 0.15) is 45.9 Å². The second-order valence-corrected chi connectivity index (χ2v) is 13.3. The molecule has 51 heavy (non-hydrogen) atoms. The van der Waals surface area contributed by atoms with E-state index in [0.717, 1.165) is 49.4 Å². The fourth-order valence-corrected chi connectivity index (χ4v) is 8.46. The van der Waals surface area contributed by atoms with Crippen molar-refractivity contribution in [2.75, 3.05) is 0 Å². The molecule has 3 heteroatoms. The molecule has 3 nitrogen and oxygen atoms in total. The van der Waals surface area contributed by atoms with Gasteiger partial charge in [0, 0.05) is 16.7 Å². The van der Waals surface area contributed by atoms with Gasteiger partial charge in [-0.3, -0.25) is 5.41 Å². The largest absolute Gasteiger partial charge is 0.383 e. The van der Waals surface area contributed by atoms with E-state index in [4.69, 9.17) is 10.7 Å². The zero-order valence-corrected chi connectivity index (χ0v) is 28.3. The highest BCUT2D eigenvalue weighted by Crippen LogP contribution is 2.57. The molecule has 0 saturated carbocycles. The van der Waals surface area contributed by atoms with E-state index in [-0.39, 0.29) is 5.84 Å². The molecule has 7 aromatic carbocycles. The molecular formula is C48H35N3. The molecule has 0 unspecified atom stereocenters. The molecule has 3 N–H and O–H groups in total. The minimum absolute atomic E-state index is 0.123. The summed E-state index contributed by atoms with van der Waals surface area (Å²) in [6.07, 6.45) is 8.96. The normalized spacial score (nSPS) is 17.2. The summed E-state index contributed by atoms with van der Waals surface area (Å²) >= 11 is 0. The summed E-state index contributed by atoms with van der Waals surface area (Å²) in [4.78, 5) is 4.77. The van der Waals surface area contributed by atoms with Gasteiger partial charge in [0.2, 0.25) is 0 Å². The highest BCUT2D eigenvalue weighted by atomic mass is 14.9. The zero-order chi connectivity index (χ0) is 34.5.